The number of rotatable bonds is 21. The summed E-state index contributed by atoms with van der Waals surface area (Å²) in [6.45, 7) is 2.40. The van der Waals surface area contributed by atoms with Crippen molar-refractivity contribution in [2.75, 3.05) is 6.61 Å². The van der Waals surface area contributed by atoms with E-state index in [4.69, 9.17) is 9.84 Å². The van der Waals surface area contributed by atoms with Crippen molar-refractivity contribution in [1.29, 1.82) is 0 Å². The fraction of sp³-hybridized carbons (Fsp3) is 0.792. The quantitative estimate of drug-likeness (QED) is 0.150. The molecular formula is C24H42O8. The second kappa shape index (κ2) is 17.7. The first kappa shape index (κ1) is 30.2. The van der Waals surface area contributed by atoms with Gasteiger partial charge in [0.1, 0.15) is 12.2 Å². The van der Waals surface area contributed by atoms with Gasteiger partial charge in [0.2, 0.25) is 0 Å². The summed E-state index contributed by atoms with van der Waals surface area (Å²) < 4.78 is 5.20. The monoisotopic (exact) mass is 458 g/mol. The Morgan fingerprint density at radius 3 is 1.84 bits per heavy atom. The molecule has 0 spiro atoms. The van der Waals surface area contributed by atoms with Crippen molar-refractivity contribution in [3.8, 4) is 0 Å². The van der Waals surface area contributed by atoms with E-state index >= 15 is 0 Å². The van der Waals surface area contributed by atoms with E-state index in [1.807, 2.05) is 0 Å². The average molecular weight is 459 g/mol. The Balaban J connectivity index is 4.37. The molecule has 0 aliphatic carbocycles. The number of hydrogen-bond donors (Lipinski definition) is 4. The molecule has 0 fully saturated rings. The molecule has 32 heavy (non-hydrogen) atoms. The molecule has 0 saturated heterocycles. The Morgan fingerprint density at radius 1 is 0.906 bits per heavy atom. The number of unbranched alkanes of at least 4 members (excludes halogenated alkanes) is 11. The van der Waals surface area contributed by atoms with Gasteiger partial charge in [-0.05, 0) is 25.8 Å². The Morgan fingerprint density at radius 2 is 1.41 bits per heavy atom. The van der Waals surface area contributed by atoms with Crippen LogP contribution in [0.4, 0.5) is 0 Å². The van der Waals surface area contributed by atoms with Crippen LogP contribution in [0, 0.1) is 0 Å². The fourth-order valence-corrected chi connectivity index (χ4v) is 3.38. The average Bonchev–Trinajstić information content (AvgIpc) is 2.74. The summed E-state index contributed by atoms with van der Waals surface area (Å²) in [4.78, 5) is 34.8. The molecule has 0 aromatic carbocycles. The Bertz CT molecular complexity index is 574. The number of ketones is 1. The molecule has 0 aliphatic rings. The van der Waals surface area contributed by atoms with Crippen LogP contribution in [0.2, 0.25) is 0 Å². The molecule has 3 atom stereocenters. The summed E-state index contributed by atoms with van der Waals surface area (Å²) in [7, 11) is 0. The number of carbonyl (C=O) groups is 3. The number of aliphatic hydroxyl groups excluding tert-OH is 2. The van der Waals surface area contributed by atoms with Crippen LogP contribution in [-0.2, 0) is 19.1 Å². The van der Waals surface area contributed by atoms with E-state index in [0.29, 0.717) is 6.42 Å². The van der Waals surface area contributed by atoms with E-state index in [0.717, 1.165) is 26.2 Å². The molecular weight excluding hydrogens is 416 g/mol. The second-order valence-corrected chi connectivity index (χ2v) is 8.52. The first-order valence-electron chi connectivity index (χ1n) is 11.8. The third-order valence-electron chi connectivity index (χ3n) is 5.40. The molecule has 0 aliphatic heterocycles. The SMILES string of the molecule is CCCCCCCCCCCCCC=CC(=O)C(OC(C)(CC(=O)O)C(=O)O)C(O)CO. The first-order valence-corrected chi connectivity index (χ1v) is 11.8. The van der Waals surface area contributed by atoms with Crippen LogP contribution >= 0.6 is 0 Å². The predicted molar refractivity (Wildman–Crippen MR) is 121 cm³/mol. The smallest absolute Gasteiger partial charge is 0.336 e. The number of carboxylic acids is 2. The van der Waals surface area contributed by atoms with E-state index in [9.17, 15) is 29.7 Å². The van der Waals surface area contributed by atoms with E-state index < -0.39 is 48.6 Å². The topological polar surface area (TPSA) is 141 Å². The zero-order valence-corrected chi connectivity index (χ0v) is 19.6. The summed E-state index contributed by atoms with van der Waals surface area (Å²) in [5, 5.41) is 37.3. The number of allylic oxidation sites excluding steroid dienone is 1. The van der Waals surface area contributed by atoms with Crippen molar-refractivity contribution in [2.45, 2.75) is 115 Å². The molecule has 4 N–H and O–H groups in total. The van der Waals surface area contributed by atoms with E-state index in [1.165, 1.54) is 57.4 Å². The van der Waals surface area contributed by atoms with Gasteiger partial charge < -0.3 is 25.2 Å². The Labute approximate surface area is 191 Å². The molecule has 8 nitrogen and oxygen atoms in total. The van der Waals surface area contributed by atoms with Crippen LogP contribution in [0.5, 0.6) is 0 Å². The molecule has 0 radical (unpaired) electrons. The molecule has 0 aromatic heterocycles. The zero-order chi connectivity index (χ0) is 24.4. The van der Waals surface area contributed by atoms with Gasteiger partial charge in [0.05, 0.1) is 13.0 Å². The lowest BCUT2D eigenvalue weighted by Crippen LogP contribution is -2.49. The summed E-state index contributed by atoms with van der Waals surface area (Å²) >= 11 is 0. The van der Waals surface area contributed by atoms with E-state index in [-0.39, 0.29) is 0 Å². The van der Waals surface area contributed by atoms with Gasteiger partial charge in [-0.3, -0.25) is 9.59 Å². The lowest BCUT2D eigenvalue weighted by atomic mass is 10.00. The largest absolute Gasteiger partial charge is 0.481 e. The highest BCUT2D eigenvalue weighted by Gasteiger charge is 2.42. The summed E-state index contributed by atoms with van der Waals surface area (Å²) in [6.07, 6.45) is 12.6. The van der Waals surface area contributed by atoms with E-state index in [2.05, 4.69) is 6.92 Å². The summed E-state index contributed by atoms with van der Waals surface area (Å²) in [5.74, 6) is -3.72. The maximum Gasteiger partial charge on any atom is 0.336 e. The highest BCUT2D eigenvalue weighted by Crippen LogP contribution is 2.21. The number of aliphatic hydroxyl groups is 2. The van der Waals surface area contributed by atoms with Gasteiger partial charge in [-0.25, -0.2) is 4.79 Å². The second-order valence-electron chi connectivity index (χ2n) is 8.52. The number of hydrogen-bond acceptors (Lipinski definition) is 6. The van der Waals surface area contributed by atoms with E-state index in [1.54, 1.807) is 6.08 Å². The molecule has 0 rings (SSSR count). The number of carboxylic acid groups (broad SMARTS) is 2. The fourth-order valence-electron chi connectivity index (χ4n) is 3.38. The predicted octanol–water partition coefficient (Wildman–Crippen LogP) is 3.87. The van der Waals surface area contributed by atoms with Gasteiger partial charge in [0, 0.05) is 0 Å². The van der Waals surface area contributed by atoms with Crippen molar-refractivity contribution in [2.24, 2.45) is 0 Å². The Hall–Kier alpha value is -1.77. The minimum Gasteiger partial charge on any atom is -0.481 e. The zero-order valence-electron chi connectivity index (χ0n) is 19.6. The number of carbonyl (C=O) groups excluding carboxylic acids is 1. The van der Waals surface area contributed by atoms with Crippen LogP contribution in [0.15, 0.2) is 12.2 Å². The number of ether oxygens (including phenoxy) is 1. The molecule has 8 heteroatoms. The summed E-state index contributed by atoms with van der Waals surface area (Å²) in [6, 6.07) is 0. The maximum absolute atomic E-state index is 12.4. The molecule has 3 unspecified atom stereocenters. The van der Waals surface area contributed by atoms with Crippen LogP contribution < -0.4 is 0 Å². The van der Waals surface area contributed by atoms with Crippen molar-refractivity contribution < 1.29 is 39.5 Å². The first-order chi connectivity index (χ1) is 15.2. The van der Waals surface area contributed by atoms with Crippen LogP contribution in [0.1, 0.15) is 97.3 Å². The highest BCUT2D eigenvalue weighted by atomic mass is 16.6. The van der Waals surface area contributed by atoms with Crippen molar-refractivity contribution in [3.05, 3.63) is 12.2 Å². The lowest BCUT2D eigenvalue weighted by Gasteiger charge is -2.30. The molecule has 0 saturated carbocycles. The van der Waals surface area contributed by atoms with Gasteiger partial charge in [-0.1, -0.05) is 77.2 Å². The summed E-state index contributed by atoms with van der Waals surface area (Å²) in [5.41, 5.74) is -2.22. The van der Waals surface area contributed by atoms with Crippen LogP contribution in [0.25, 0.3) is 0 Å². The number of aliphatic carboxylic acids is 2. The van der Waals surface area contributed by atoms with Crippen LogP contribution in [0.3, 0.4) is 0 Å². The third kappa shape index (κ3) is 13.6. The van der Waals surface area contributed by atoms with Crippen molar-refractivity contribution in [3.63, 3.8) is 0 Å². The standard InChI is InChI=1S/C24H42O8/c1-3-4-5-6-7-8-9-10-11-12-13-14-15-16-19(26)22(20(27)18-25)32-24(2,23(30)31)17-21(28)29/h15-16,20,22,25,27H,3-14,17-18H2,1-2H3,(H,28,29)(H,30,31). The molecule has 0 aromatic rings. The minimum atomic E-state index is -2.22. The van der Waals surface area contributed by atoms with Gasteiger partial charge in [0.15, 0.2) is 11.4 Å². The molecule has 0 amide bonds. The molecule has 186 valence electrons. The van der Waals surface area contributed by atoms with Gasteiger partial charge in [-0.15, -0.1) is 0 Å². The van der Waals surface area contributed by atoms with Crippen molar-refractivity contribution >= 4 is 17.7 Å². The molecule has 0 heterocycles. The minimum absolute atomic E-state index is 0.649. The van der Waals surface area contributed by atoms with Gasteiger partial charge >= 0.3 is 11.9 Å². The highest BCUT2D eigenvalue weighted by molar-refractivity contribution is 5.94. The lowest BCUT2D eigenvalue weighted by molar-refractivity contribution is -0.188. The molecule has 0 bridgehead atoms. The third-order valence-corrected chi connectivity index (χ3v) is 5.40. The normalized spacial score (nSPS) is 15.4. The van der Waals surface area contributed by atoms with Crippen LogP contribution in [-0.4, -0.2) is 62.6 Å². The Kier molecular flexibility index (Phi) is 16.8. The van der Waals surface area contributed by atoms with Crippen molar-refractivity contribution in [1.82, 2.24) is 0 Å². The van der Waals surface area contributed by atoms with Gasteiger partial charge in [-0.2, -0.15) is 0 Å². The maximum atomic E-state index is 12.4. The van der Waals surface area contributed by atoms with Gasteiger partial charge in [0.25, 0.3) is 0 Å².